The Bertz CT molecular complexity index is 139. The van der Waals surface area contributed by atoms with E-state index in [4.69, 9.17) is 0 Å². The number of urea groups is 1. The molecule has 5 nitrogen and oxygen atoms in total. The van der Waals surface area contributed by atoms with Gasteiger partial charge in [-0.1, -0.05) is 0 Å². The average molecular weight is 189 g/mol. The third-order valence-electron chi connectivity index (χ3n) is 1.44. The van der Waals surface area contributed by atoms with Gasteiger partial charge in [-0.05, 0) is 27.1 Å². The van der Waals surface area contributed by atoms with Crippen molar-refractivity contribution in [3.63, 3.8) is 0 Å². The van der Waals surface area contributed by atoms with E-state index < -0.39 is 0 Å². The van der Waals surface area contributed by atoms with Gasteiger partial charge in [0.1, 0.15) is 6.73 Å². The molecule has 0 radical (unpaired) electrons. The molecule has 2 N–H and O–H groups in total. The molecule has 0 aliphatic rings. The van der Waals surface area contributed by atoms with E-state index in [9.17, 15) is 4.79 Å². The van der Waals surface area contributed by atoms with E-state index >= 15 is 0 Å². The van der Waals surface area contributed by atoms with Crippen molar-refractivity contribution >= 4 is 6.03 Å². The second-order valence-corrected chi connectivity index (χ2v) is 3.02. The molecule has 13 heavy (non-hydrogen) atoms. The SMILES string of the molecule is COCNC(=O)NCCCN(C)C. The minimum absolute atomic E-state index is 0.180. The fourth-order valence-electron chi connectivity index (χ4n) is 0.797. The number of nitrogens with one attached hydrogen (secondary N) is 2. The van der Waals surface area contributed by atoms with Crippen molar-refractivity contribution in [2.24, 2.45) is 0 Å². The van der Waals surface area contributed by atoms with Crippen LogP contribution in [0, 0.1) is 0 Å². The van der Waals surface area contributed by atoms with Gasteiger partial charge < -0.3 is 20.3 Å². The van der Waals surface area contributed by atoms with Crippen molar-refractivity contribution in [1.82, 2.24) is 15.5 Å². The molecule has 0 spiro atoms. The van der Waals surface area contributed by atoms with Gasteiger partial charge in [-0.25, -0.2) is 4.79 Å². The average Bonchev–Trinajstić information content (AvgIpc) is 2.08. The number of amides is 2. The molecule has 0 aromatic carbocycles. The number of methoxy groups -OCH3 is 1. The Labute approximate surface area is 79.4 Å². The van der Waals surface area contributed by atoms with E-state index in [1.165, 1.54) is 7.11 Å². The van der Waals surface area contributed by atoms with E-state index in [0.29, 0.717) is 6.54 Å². The molecular weight excluding hydrogens is 170 g/mol. The Morgan fingerprint density at radius 3 is 2.62 bits per heavy atom. The summed E-state index contributed by atoms with van der Waals surface area (Å²) >= 11 is 0. The molecule has 0 atom stereocenters. The zero-order valence-corrected chi connectivity index (χ0v) is 8.59. The minimum Gasteiger partial charge on any atom is -0.364 e. The maximum atomic E-state index is 10.9. The lowest BCUT2D eigenvalue weighted by atomic mass is 10.4. The Morgan fingerprint density at radius 1 is 1.38 bits per heavy atom. The molecule has 0 saturated heterocycles. The highest BCUT2D eigenvalue weighted by Crippen LogP contribution is 1.80. The zero-order chi connectivity index (χ0) is 10.1. The molecule has 0 aliphatic carbocycles. The maximum absolute atomic E-state index is 10.9. The smallest absolute Gasteiger partial charge is 0.316 e. The number of carbonyl (C=O) groups is 1. The molecule has 0 aromatic rings. The van der Waals surface area contributed by atoms with Crippen molar-refractivity contribution in [3.8, 4) is 0 Å². The van der Waals surface area contributed by atoms with Crippen LogP contribution in [-0.4, -0.2) is 52.0 Å². The molecule has 0 fully saturated rings. The first-order chi connectivity index (χ1) is 6.16. The molecule has 2 amide bonds. The lowest BCUT2D eigenvalue weighted by molar-refractivity contribution is 0.172. The van der Waals surface area contributed by atoms with E-state index in [2.05, 4.69) is 20.3 Å². The topological polar surface area (TPSA) is 53.6 Å². The van der Waals surface area contributed by atoms with E-state index in [0.717, 1.165) is 13.0 Å². The number of rotatable bonds is 6. The summed E-state index contributed by atoms with van der Waals surface area (Å²) in [6.45, 7) is 1.91. The predicted molar refractivity (Wildman–Crippen MR) is 51.6 cm³/mol. The summed E-state index contributed by atoms with van der Waals surface area (Å²) in [7, 11) is 5.54. The fraction of sp³-hybridized carbons (Fsp3) is 0.875. The first-order valence-corrected chi connectivity index (χ1v) is 4.32. The summed E-state index contributed by atoms with van der Waals surface area (Å²) in [6.07, 6.45) is 0.952. The van der Waals surface area contributed by atoms with Crippen LogP contribution < -0.4 is 10.6 Å². The number of hydrogen-bond acceptors (Lipinski definition) is 3. The molecule has 78 valence electrons. The first kappa shape index (κ1) is 12.2. The summed E-state index contributed by atoms with van der Waals surface area (Å²) in [5.74, 6) is 0. The Kier molecular flexibility index (Phi) is 7.33. The largest absolute Gasteiger partial charge is 0.364 e. The van der Waals surface area contributed by atoms with Crippen LogP contribution >= 0.6 is 0 Å². The van der Waals surface area contributed by atoms with Crippen LogP contribution in [0.3, 0.4) is 0 Å². The van der Waals surface area contributed by atoms with Crippen LogP contribution in [0.25, 0.3) is 0 Å². The molecule has 0 heterocycles. The predicted octanol–water partition coefficient (Wildman–Crippen LogP) is -0.159. The van der Waals surface area contributed by atoms with Gasteiger partial charge >= 0.3 is 6.03 Å². The summed E-state index contributed by atoms with van der Waals surface area (Å²) < 4.78 is 4.68. The zero-order valence-electron chi connectivity index (χ0n) is 8.59. The standard InChI is InChI=1S/C8H19N3O2/c1-11(2)6-4-5-9-8(12)10-7-13-3/h4-7H2,1-3H3,(H2,9,10,12). The van der Waals surface area contributed by atoms with Gasteiger partial charge in [0.2, 0.25) is 0 Å². The lowest BCUT2D eigenvalue weighted by Crippen LogP contribution is -2.37. The van der Waals surface area contributed by atoms with Crippen LogP contribution in [0.4, 0.5) is 4.79 Å². The molecule has 0 aliphatic heterocycles. The molecule has 0 bridgehead atoms. The van der Waals surface area contributed by atoms with Crippen LogP contribution in [0.5, 0.6) is 0 Å². The fourth-order valence-corrected chi connectivity index (χ4v) is 0.797. The van der Waals surface area contributed by atoms with Crippen molar-refractivity contribution in [2.45, 2.75) is 6.42 Å². The summed E-state index contributed by atoms with van der Waals surface area (Å²) in [6, 6.07) is -0.180. The van der Waals surface area contributed by atoms with Crippen LogP contribution in [0.15, 0.2) is 0 Å². The van der Waals surface area contributed by atoms with E-state index in [1.807, 2.05) is 14.1 Å². The number of carbonyl (C=O) groups excluding carboxylic acids is 1. The second-order valence-electron chi connectivity index (χ2n) is 3.02. The third kappa shape index (κ3) is 9.10. The van der Waals surface area contributed by atoms with Crippen molar-refractivity contribution in [3.05, 3.63) is 0 Å². The normalized spacial score (nSPS) is 10.2. The van der Waals surface area contributed by atoms with E-state index in [1.54, 1.807) is 0 Å². The maximum Gasteiger partial charge on any atom is 0.316 e. The van der Waals surface area contributed by atoms with Gasteiger partial charge in [-0.3, -0.25) is 0 Å². The highest BCUT2D eigenvalue weighted by molar-refractivity contribution is 5.73. The van der Waals surface area contributed by atoms with Gasteiger partial charge in [0, 0.05) is 13.7 Å². The first-order valence-electron chi connectivity index (χ1n) is 4.32. The number of hydrogen-bond donors (Lipinski definition) is 2. The number of nitrogens with zero attached hydrogens (tertiary/aromatic N) is 1. The van der Waals surface area contributed by atoms with Gasteiger partial charge in [0.15, 0.2) is 0 Å². The highest BCUT2D eigenvalue weighted by atomic mass is 16.5. The van der Waals surface area contributed by atoms with Gasteiger partial charge in [0.05, 0.1) is 0 Å². The van der Waals surface area contributed by atoms with Crippen LogP contribution in [0.2, 0.25) is 0 Å². The molecule has 0 aromatic heterocycles. The minimum atomic E-state index is -0.180. The molecule has 0 unspecified atom stereocenters. The lowest BCUT2D eigenvalue weighted by Gasteiger charge is -2.10. The van der Waals surface area contributed by atoms with Crippen LogP contribution in [-0.2, 0) is 4.74 Å². The van der Waals surface area contributed by atoms with Gasteiger partial charge in [0.25, 0.3) is 0 Å². The van der Waals surface area contributed by atoms with Crippen molar-refractivity contribution in [2.75, 3.05) is 41.0 Å². The molecular formula is C8H19N3O2. The van der Waals surface area contributed by atoms with Gasteiger partial charge in [-0.15, -0.1) is 0 Å². The molecule has 0 saturated carbocycles. The summed E-state index contributed by atoms with van der Waals surface area (Å²) in [5.41, 5.74) is 0. The summed E-state index contributed by atoms with van der Waals surface area (Å²) in [5, 5.41) is 5.25. The monoisotopic (exact) mass is 189 g/mol. The molecule has 5 heteroatoms. The number of ether oxygens (including phenoxy) is 1. The second kappa shape index (κ2) is 7.82. The van der Waals surface area contributed by atoms with Gasteiger partial charge in [-0.2, -0.15) is 0 Å². The highest BCUT2D eigenvalue weighted by Gasteiger charge is 1.97. The van der Waals surface area contributed by atoms with Crippen molar-refractivity contribution in [1.29, 1.82) is 0 Å². The van der Waals surface area contributed by atoms with Crippen molar-refractivity contribution < 1.29 is 9.53 Å². The summed E-state index contributed by atoms with van der Waals surface area (Å²) in [4.78, 5) is 13.0. The molecule has 0 rings (SSSR count). The Hall–Kier alpha value is -0.810. The Morgan fingerprint density at radius 2 is 2.08 bits per heavy atom. The Balaban J connectivity index is 3.17. The third-order valence-corrected chi connectivity index (χ3v) is 1.44. The van der Waals surface area contributed by atoms with Crippen LogP contribution in [0.1, 0.15) is 6.42 Å². The van der Waals surface area contributed by atoms with E-state index in [-0.39, 0.29) is 12.8 Å². The quantitative estimate of drug-likeness (QED) is 0.451.